The van der Waals surface area contributed by atoms with Crippen molar-refractivity contribution in [3.05, 3.63) is 63.2 Å². The van der Waals surface area contributed by atoms with Crippen LogP contribution in [-0.4, -0.2) is 25.1 Å². The highest BCUT2D eigenvalue weighted by atomic mass is 16.6. The fourth-order valence-electron chi connectivity index (χ4n) is 2.48. The van der Waals surface area contributed by atoms with Crippen LogP contribution in [0.1, 0.15) is 34.5 Å². The number of nitrogens with zero attached hydrogens (tertiary/aromatic N) is 1. The maximum Gasteiger partial charge on any atom is 0.273 e. The fourth-order valence-corrected chi connectivity index (χ4v) is 2.48. The minimum absolute atomic E-state index is 0.0840. The first kappa shape index (κ1) is 18.3. The highest BCUT2D eigenvalue weighted by molar-refractivity contribution is 5.95. The number of carbonyl (C=O) groups excluding carboxylic acids is 1. The molecule has 0 saturated heterocycles. The van der Waals surface area contributed by atoms with Gasteiger partial charge < -0.3 is 14.8 Å². The SMILES string of the molecule is COc1ccc(OC)c(C(C)NC(=O)c2ccc(C)c([N+](=O)[O-])c2)c1. The smallest absolute Gasteiger partial charge is 0.273 e. The molecule has 0 fully saturated rings. The third kappa shape index (κ3) is 4.06. The van der Waals surface area contributed by atoms with Gasteiger partial charge in [-0.3, -0.25) is 14.9 Å². The zero-order valence-electron chi connectivity index (χ0n) is 14.5. The van der Waals surface area contributed by atoms with Crippen LogP contribution in [0.25, 0.3) is 0 Å². The maximum absolute atomic E-state index is 12.5. The molecule has 0 saturated carbocycles. The number of rotatable bonds is 6. The molecule has 0 aliphatic rings. The number of methoxy groups -OCH3 is 2. The fraction of sp³-hybridized carbons (Fsp3) is 0.278. The third-order valence-corrected chi connectivity index (χ3v) is 3.92. The van der Waals surface area contributed by atoms with Gasteiger partial charge in [0.1, 0.15) is 11.5 Å². The number of ether oxygens (including phenoxy) is 2. The Bertz CT molecular complexity index is 804. The normalized spacial score (nSPS) is 11.5. The minimum Gasteiger partial charge on any atom is -0.497 e. The highest BCUT2D eigenvalue weighted by Crippen LogP contribution is 2.29. The van der Waals surface area contributed by atoms with E-state index in [0.29, 0.717) is 17.1 Å². The van der Waals surface area contributed by atoms with Gasteiger partial charge in [0.05, 0.1) is 25.2 Å². The van der Waals surface area contributed by atoms with Crippen molar-refractivity contribution in [2.45, 2.75) is 19.9 Å². The Labute approximate surface area is 145 Å². The summed E-state index contributed by atoms with van der Waals surface area (Å²) in [5.74, 6) is 0.854. The van der Waals surface area contributed by atoms with Gasteiger partial charge in [0.15, 0.2) is 0 Å². The van der Waals surface area contributed by atoms with E-state index in [1.165, 1.54) is 6.07 Å². The van der Waals surface area contributed by atoms with Crippen molar-refractivity contribution >= 4 is 11.6 Å². The molecule has 0 bridgehead atoms. The Hall–Kier alpha value is -3.09. The maximum atomic E-state index is 12.5. The Morgan fingerprint density at radius 1 is 1.16 bits per heavy atom. The first-order chi connectivity index (χ1) is 11.9. The molecule has 1 atom stereocenters. The summed E-state index contributed by atoms with van der Waals surface area (Å²) in [6.07, 6.45) is 0. The zero-order valence-corrected chi connectivity index (χ0v) is 14.5. The van der Waals surface area contributed by atoms with E-state index in [4.69, 9.17) is 9.47 Å². The van der Waals surface area contributed by atoms with Crippen molar-refractivity contribution in [1.29, 1.82) is 0 Å². The van der Waals surface area contributed by atoms with Gasteiger partial charge >= 0.3 is 0 Å². The molecule has 0 heterocycles. The number of carbonyl (C=O) groups is 1. The van der Waals surface area contributed by atoms with Gasteiger partial charge in [-0.1, -0.05) is 6.07 Å². The van der Waals surface area contributed by atoms with Gasteiger partial charge in [-0.05, 0) is 38.1 Å². The molecular formula is C18H20N2O5. The highest BCUT2D eigenvalue weighted by Gasteiger charge is 2.19. The second-order valence-corrected chi connectivity index (χ2v) is 5.56. The molecular weight excluding hydrogens is 324 g/mol. The molecule has 2 aromatic carbocycles. The van der Waals surface area contributed by atoms with Gasteiger partial charge in [-0.25, -0.2) is 0 Å². The summed E-state index contributed by atoms with van der Waals surface area (Å²) < 4.78 is 10.5. The quantitative estimate of drug-likeness (QED) is 0.640. The van der Waals surface area contributed by atoms with Crippen molar-refractivity contribution in [1.82, 2.24) is 5.32 Å². The van der Waals surface area contributed by atoms with Gasteiger partial charge in [0.2, 0.25) is 0 Å². The van der Waals surface area contributed by atoms with Crippen molar-refractivity contribution in [2.75, 3.05) is 14.2 Å². The van der Waals surface area contributed by atoms with E-state index in [1.54, 1.807) is 58.4 Å². The molecule has 1 amide bonds. The molecule has 0 aliphatic carbocycles. The summed E-state index contributed by atoms with van der Waals surface area (Å²) in [6.45, 7) is 3.43. The molecule has 0 radical (unpaired) electrons. The molecule has 7 nitrogen and oxygen atoms in total. The molecule has 0 aliphatic heterocycles. The lowest BCUT2D eigenvalue weighted by Crippen LogP contribution is -2.27. The minimum atomic E-state index is -0.499. The van der Waals surface area contributed by atoms with Crippen molar-refractivity contribution < 1.29 is 19.2 Å². The van der Waals surface area contributed by atoms with Crippen LogP contribution < -0.4 is 14.8 Å². The lowest BCUT2D eigenvalue weighted by molar-refractivity contribution is -0.385. The van der Waals surface area contributed by atoms with Gasteiger partial charge in [-0.2, -0.15) is 0 Å². The first-order valence-electron chi connectivity index (χ1n) is 7.65. The van der Waals surface area contributed by atoms with E-state index in [1.807, 2.05) is 0 Å². The molecule has 25 heavy (non-hydrogen) atoms. The summed E-state index contributed by atoms with van der Waals surface area (Å²) in [5.41, 5.74) is 1.39. The van der Waals surface area contributed by atoms with E-state index < -0.39 is 10.8 Å². The summed E-state index contributed by atoms with van der Waals surface area (Å²) >= 11 is 0. The number of amides is 1. The number of benzene rings is 2. The lowest BCUT2D eigenvalue weighted by Gasteiger charge is -2.18. The molecule has 1 unspecified atom stereocenters. The number of nitro groups is 1. The van der Waals surface area contributed by atoms with Crippen LogP contribution in [-0.2, 0) is 0 Å². The predicted molar refractivity (Wildman–Crippen MR) is 93.3 cm³/mol. The second-order valence-electron chi connectivity index (χ2n) is 5.56. The zero-order chi connectivity index (χ0) is 18.6. The number of hydrogen-bond acceptors (Lipinski definition) is 5. The van der Waals surface area contributed by atoms with E-state index in [2.05, 4.69) is 5.32 Å². The molecule has 2 rings (SSSR count). The topological polar surface area (TPSA) is 90.7 Å². The van der Waals surface area contributed by atoms with Crippen LogP contribution >= 0.6 is 0 Å². The summed E-state index contributed by atoms with van der Waals surface area (Å²) in [6, 6.07) is 9.32. The summed E-state index contributed by atoms with van der Waals surface area (Å²) in [5, 5.41) is 13.9. The van der Waals surface area contributed by atoms with Crippen LogP contribution in [0.3, 0.4) is 0 Å². The third-order valence-electron chi connectivity index (χ3n) is 3.92. The Morgan fingerprint density at radius 2 is 1.88 bits per heavy atom. The average molecular weight is 344 g/mol. The van der Waals surface area contributed by atoms with Gasteiger partial charge in [0, 0.05) is 22.8 Å². The predicted octanol–water partition coefficient (Wildman–Crippen LogP) is 3.41. The lowest BCUT2D eigenvalue weighted by atomic mass is 10.1. The average Bonchev–Trinajstić information content (AvgIpc) is 2.60. The first-order valence-corrected chi connectivity index (χ1v) is 7.65. The largest absolute Gasteiger partial charge is 0.497 e. The standard InChI is InChI=1S/C18H20N2O5/c1-11-5-6-13(9-16(11)20(22)23)18(21)19-12(2)15-10-14(24-3)7-8-17(15)25-4/h5-10,12H,1-4H3,(H,19,21). The Morgan fingerprint density at radius 3 is 2.48 bits per heavy atom. The van der Waals surface area contributed by atoms with Gasteiger partial charge in [-0.15, -0.1) is 0 Å². The number of nitro benzene ring substituents is 1. The molecule has 132 valence electrons. The van der Waals surface area contributed by atoms with Crippen LogP contribution in [0.4, 0.5) is 5.69 Å². The van der Waals surface area contributed by atoms with E-state index >= 15 is 0 Å². The van der Waals surface area contributed by atoms with E-state index in [-0.39, 0.29) is 17.3 Å². The summed E-state index contributed by atoms with van der Waals surface area (Å²) in [4.78, 5) is 23.0. The number of hydrogen-bond donors (Lipinski definition) is 1. The second kappa shape index (κ2) is 7.65. The molecule has 7 heteroatoms. The van der Waals surface area contributed by atoms with Crippen LogP contribution in [0, 0.1) is 17.0 Å². The van der Waals surface area contributed by atoms with Crippen LogP contribution in [0.2, 0.25) is 0 Å². The molecule has 1 N–H and O–H groups in total. The van der Waals surface area contributed by atoms with Gasteiger partial charge in [0.25, 0.3) is 11.6 Å². The van der Waals surface area contributed by atoms with Crippen LogP contribution in [0.15, 0.2) is 36.4 Å². The van der Waals surface area contributed by atoms with Crippen molar-refractivity contribution in [3.8, 4) is 11.5 Å². The van der Waals surface area contributed by atoms with E-state index in [0.717, 1.165) is 5.56 Å². The summed E-state index contributed by atoms with van der Waals surface area (Å²) in [7, 11) is 3.10. The van der Waals surface area contributed by atoms with E-state index in [9.17, 15) is 14.9 Å². The monoisotopic (exact) mass is 344 g/mol. The molecule has 0 aromatic heterocycles. The van der Waals surface area contributed by atoms with Crippen molar-refractivity contribution in [3.63, 3.8) is 0 Å². The molecule has 0 spiro atoms. The Kier molecular flexibility index (Phi) is 5.59. The van der Waals surface area contributed by atoms with Crippen LogP contribution in [0.5, 0.6) is 11.5 Å². The van der Waals surface area contributed by atoms with Crippen molar-refractivity contribution in [2.24, 2.45) is 0 Å². The number of aryl methyl sites for hydroxylation is 1. The molecule has 2 aromatic rings. The number of nitrogens with one attached hydrogen (secondary N) is 1. The Balaban J connectivity index is 2.26.